The number of rotatable bonds is 4. The van der Waals surface area contributed by atoms with Crippen LogP contribution in [0.25, 0.3) is 0 Å². The minimum absolute atomic E-state index is 0.0582. The van der Waals surface area contributed by atoms with E-state index in [1.165, 1.54) is 11.3 Å². The molecule has 23 heavy (non-hydrogen) atoms. The van der Waals surface area contributed by atoms with Gasteiger partial charge < -0.3 is 10.1 Å². The molecule has 0 radical (unpaired) electrons. The third-order valence-corrected chi connectivity index (χ3v) is 4.46. The molecule has 1 aliphatic rings. The van der Waals surface area contributed by atoms with Gasteiger partial charge in [-0.3, -0.25) is 14.6 Å². The van der Waals surface area contributed by atoms with Crippen LogP contribution in [0.2, 0.25) is 0 Å². The van der Waals surface area contributed by atoms with Crippen molar-refractivity contribution in [3.05, 3.63) is 35.0 Å². The van der Waals surface area contributed by atoms with Crippen LogP contribution in [0.1, 0.15) is 28.7 Å². The van der Waals surface area contributed by atoms with E-state index < -0.39 is 0 Å². The topological polar surface area (TPSA) is 68.1 Å². The molecule has 1 N–H and O–H groups in total. The molecule has 1 atom stereocenters. The number of hydrogen-bond donors (Lipinski definition) is 1. The van der Waals surface area contributed by atoms with Crippen molar-refractivity contribution in [2.24, 2.45) is 7.05 Å². The SMILES string of the molecule is CNc1nccnc1[C@@H]1CN(Cc2c(C)nn(C)c2C)CCO1. The summed E-state index contributed by atoms with van der Waals surface area (Å²) in [7, 11) is 3.85. The third-order valence-electron chi connectivity index (χ3n) is 4.46. The molecule has 3 heterocycles. The van der Waals surface area contributed by atoms with Crippen molar-refractivity contribution in [3.63, 3.8) is 0 Å². The van der Waals surface area contributed by atoms with Gasteiger partial charge in [0.15, 0.2) is 0 Å². The number of morpholine rings is 1. The summed E-state index contributed by atoms with van der Waals surface area (Å²) in [6.07, 6.45) is 3.35. The first-order valence-electron chi connectivity index (χ1n) is 7.91. The standard InChI is InChI=1S/C16H24N6O/c1-11-13(12(2)21(4)20-11)9-22-7-8-23-14(10-22)15-16(17-3)19-6-5-18-15/h5-6,14H,7-10H2,1-4H3,(H,17,19)/t14-/m0/s1. The lowest BCUT2D eigenvalue weighted by atomic mass is 10.1. The summed E-state index contributed by atoms with van der Waals surface area (Å²) >= 11 is 0. The fraction of sp³-hybridized carbons (Fsp3) is 0.562. The molecule has 3 rings (SSSR count). The molecule has 0 amide bonds. The summed E-state index contributed by atoms with van der Waals surface area (Å²) in [5.41, 5.74) is 4.50. The van der Waals surface area contributed by atoms with Crippen LogP contribution < -0.4 is 5.32 Å². The lowest BCUT2D eigenvalue weighted by Gasteiger charge is -2.33. The van der Waals surface area contributed by atoms with Gasteiger partial charge in [-0.05, 0) is 13.8 Å². The van der Waals surface area contributed by atoms with E-state index in [4.69, 9.17) is 4.74 Å². The number of hydrogen-bond acceptors (Lipinski definition) is 6. The lowest BCUT2D eigenvalue weighted by molar-refractivity contribution is -0.0348. The van der Waals surface area contributed by atoms with Crippen molar-refractivity contribution in [2.45, 2.75) is 26.5 Å². The second-order valence-electron chi connectivity index (χ2n) is 5.91. The van der Waals surface area contributed by atoms with E-state index in [9.17, 15) is 0 Å². The Morgan fingerprint density at radius 3 is 2.78 bits per heavy atom. The molecule has 7 heteroatoms. The zero-order valence-corrected chi connectivity index (χ0v) is 14.2. The van der Waals surface area contributed by atoms with E-state index >= 15 is 0 Å². The normalized spacial score (nSPS) is 19.0. The smallest absolute Gasteiger partial charge is 0.150 e. The Hall–Kier alpha value is -1.99. The first kappa shape index (κ1) is 15.9. The second kappa shape index (κ2) is 6.64. The molecular weight excluding hydrogens is 292 g/mol. The molecule has 2 aromatic heterocycles. The maximum atomic E-state index is 5.94. The molecule has 1 fully saturated rings. The molecule has 0 saturated carbocycles. The molecule has 1 aliphatic heterocycles. The Balaban J connectivity index is 1.76. The number of aromatic nitrogens is 4. The molecular formula is C16H24N6O. The van der Waals surface area contributed by atoms with Crippen LogP contribution in [-0.2, 0) is 18.3 Å². The summed E-state index contributed by atoms with van der Waals surface area (Å²) in [5, 5.41) is 7.60. The highest BCUT2D eigenvalue weighted by atomic mass is 16.5. The molecule has 0 aromatic carbocycles. The van der Waals surface area contributed by atoms with E-state index in [1.807, 2.05) is 18.8 Å². The average Bonchev–Trinajstić information content (AvgIpc) is 2.81. The van der Waals surface area contributed by atoms with Gasteiger partial charge in [0.2, 0.25) is 0 Å². The Kier molecular flexibility index (Phi) is 4.58. The number of aryl methyl sites for hydroxylation is 2. The van der Waals surface area contributed by atoms with Crippen molar-refractivity contribution >= 4 is 5.82 Å². The Bertz CT molecular complexity index is 683. The highest BCUT2D eigenvalue weighted by Gasteiger charge is 2.26. The molecule has 0 bridgehead atoms. The van der Waals surface area contributed by atoms with E-state index in [0.29, 0.717) is 6.61 Å². The van der Waals surface area contributed by atoms with Crippen molar-refractivity contribution < 1.29 is 4.74 Å². The molecule has 2 aromatic rings. The quantitative estimate of drug-likeness (QED) is 0.920. The van der Waals surface area contributed by atoms with Gasteiger partial charge in [-0.15, -0.1) is 0 Å². The van der Waals surface area contributed by atoms with Gasteiger partial charge >= 0.3 is 0 Å². The van der Waals surface area contributed by atoms with Crippen LogP contribution in [-0.4, -0.2) is 51.4 Å². The second-order valence-corrected chi connectivity index (χ2v) is 5.91. The first-order chi connectivity index (χ1) is 11.1. The summed E-state index contributed by atoms with van der Waals surface area (Å²) < 4.78 is 7.88. The van der Waals surface area contributed by atoms with Crippen LogP contribution in [0.15, 0.2) is 12.4 Å². The van der Waals surface area contributed by atoms with Crippen LogP contribution in [0, 0.1) is 13.8 Å². The first-order valence-corrected chi connectivity index (χ1v) is 7.91. The molecule has 7 nitrogen and oxygen atoms in total. The summed E-state index contributed by atoms with van der Waals surface area (Å²) in [6.45, 7) is 7.50. The maximum Gasteiger partial charge on any atom is 0.150 e. The fourth-order valence-corrected chi connectivity index (χ4v) is 3.06. The Morgan fingerprint density at radius 1 is 1.30 bits per heavy atom. The van der Waals surface area contributed by atoms with Crippen molar-refractivity contribution in [1.29, 1.82) is 0 Å². The van der Waals surface area contributed by atoms with E-state index in [1.54, 1.807) is 12.4 Å². The fourth-order valence-electron chi connectivity index (χ4n) is 3.06. The van der Waals surface area contributed by atoms with Crippen molar-refractivity contribution in [1.82, 2.24) is 24.6 Å². The molecule has 1 saturated heterocycles. The van der Waals surface area contributed by atoms with Gasteiger partial charge in [-0.2, -0.15) is 5.10 Å². The summed E-state index contributed by atoms with van der Waals surface area (Å²) in [6, 6.07) is 0. The van der Waals surface area contributed by atoms with E-state index in [2.05, 4.69) is 39.1 Å². The maximum absolute atomic E-state index is 5.94. The van der Waals surface area contributed by atoms with Gasteiger partial charge in [0.05, 0.1) is 12.3 Å². The number of nitrogens with one attached hydrogen (secondary N) is 1. The minimum Gasteiger partial charge on any atom is -0.372 e. The van der Waals surface area contributed by atoms with E-state index in [-0.39, 0.29) is 6.10 Å². The Labute approximate surface area is 136 Å². The van der Waals surface area contributed by atoms with Gasteiger partial charge in [0.1, 0.15) is 17.6 Å². The number of anilines is 1. The van der Waals surface area contributed by atoms with Crippen LogP contribution in [0.4, 0.5) is 5.82 Å². The van der Waals surface area contributed by atoms with Gasteiger partial charge in [0, 0.05) is 57.4 Å². The predicted molar refractivity (Wildman–Crippen MR) is 88.2 cm³/mol. The molecule has 0 unspecified atom stereocenters. The average molecular weight is 316 g/mol. The number of nitrogens with zero attached hydrogens (tertiary/aromatic N) is 5. The highest BCUT2D eigenvalue weighted by molar-refractivity contribution is 5.40. The van der Waals surface area contributed by atoms with Crippen LogP contribution in [0.3, 0.4) is 0 Å². The van der Waals surface area contributed by atoms with Crippen molar-refractivity contribution in [3.8, 4) is 0 Å². The number of ether oxygens (including phenoxy) is 1. The molecule has 0 aliphatic carbocycles. The Morgan fingerprint density at radius 2 is 2.09 bits per heavy atom. The highest BCUT2D eigenvalue weighted by Crippen LogP contribution is 2.26. The third kappa shape index (κ3) is 3.20. The lowest BCUT2D eigenvalue weighted by Crippen LogP contribution is -2.38. The minimum atomic E-state index is -0.0582. The largest absolute Gasteiger partial charge is 0.372 e. The molecule has 124 valence electrons. The van der Waals surface area contributed by atoms with Crippen LogP contribution in [0.5, 0.6) is 0 Å². The zero-order chi connectivity index (χ0) is 16.4. The molecule has 0 spiro atoms. The predicted octanol–water partition coefficient (Wildman–Crippen LogP) is 1.44. The van der Waals surface area contributed by atoms with Gasteiger partial charge in [-0.25, -0.2) is 4.98 Å². The van der Waals surface area contributed by atoms with Gasteiger partial charge in [0.25, 0.3) is 0 Å². The summed E-state index contributed by atoms with van der Waals surface area (Å²) in [4.78, 5) is 11.2. The van der Waals surface area contributed by atoms with Crippen LogP contribution >= 0.6 is 0 Å². The summed E-state index contributed by atoms with van der Waals surface area (Å²) in [5.74, 6) is 0.785. The van der Waals surface area contributed by atoms with Gasteiger partial charge in [-0.1, -0.05) is 0 Å². The monoisotopic (exact) mass is 316 g/mol. The zero-order valence-electron chi connectivity index (χ0n) is 14.2. The van der Waals surface area contributed by atoms with Crippen molar-refractivity contribution in [2.75, 3.05) is 32.1 Å². The van der Waals surface area contributed by atoms with E-state index in [0.717, 1.165) is 36.8 Å².